The highest BCUT2D eigenvalue weighted by Gasteiger charge is 2.16. The van der Waals surface area contributed by atoms with E-state index in [1.54, 1.807) is 0 Å². The molecule has 0 aromatic rings. The molecule has 1 saturated heterocycles. The summed E-state index contributed by atoms with van der Waals surface area (Å²) in [6.45, 7) is 3.29. The van der Waals surface area contributed by atoms with Crippen molar-refractivity contribution in [3.8, 4) is 0 Å². The maximum absolute atomic E-state index is 8.78. The van der Waals surface area contributed by atoms with Crippen LogP contribution in [0.1, 0.15) is 0 Å². The molecule has 0 aromatic heterocycles. The third-order valence-electron chi connectivity index (χ3n) is 1.86. The van der Waals surface area contributed by atoms with Crippen LogP contribution in [0.2, 0.25) is 0 Å². The van der Waals surface area contributed by atoms with E-state index in [0.717, 1.165) is 19.6 Å². The largest absolute Gasteiger partial charge is 0.395 e. The van der Waals surface area contributed by atoms with Crippen LogP contribution in [-0.2, 0) is 0 Å². The predicted molar refractivity (Wildman–Crippen MR) is 43.6 cm³/mol. The Labute approximate surface area is 67.8 Å². The van der Waals surface area contributed by atoms with Gasteiger partial charge in [0.15, 0.2) is 0 Å². The predicted octanol–water partition coefficient (Wildman–Crippen LogP) is -0.696. The van der Waals surface area contributed by atoms with Crippen LogP contribution in [0.5, 0.6) is 0 Å². The number of nitrogens with one attached hydrogen (secondary N) is 1. The van der Waals surface area contributed by atoms with Crippen molar-refractivity contribution in [1.82, 2.24) is 10.2 Å². The summed E-state index contributed by atoms with van der Waals surface area (Å²) in [5.41, 5.74) is 0. The smallest absolute Gasteiger partial charge is 0.0599 e. The lowest BCUT2D eigenvalue weighted by molar-refractivity contribution is 0.124. The average Bonchev–Trinajstić information content (AvgIpc) is 1.89. The van der Waals surface area contributed by atoms with Gasteiger partial charge in [-0.1, -0.05) is 0 Å². The summed E-state index contributed by atoms with van der Waals surface area (Å²) in [6, 6.07) is 0.332. The summed E-state index contributed by atoms with van der Waals surface area (Å²) >= 11 is 0. The Morgan fingerprint density at radius 2 is 2.40 bits per heavy atom. The molecule has 1 atom stereocenters. The van der Waals surface area contributed by atoms with Crippen LogP contribution in [0.4, 0.5) is 0 Å². The minimum Gasteiger partial charge on any atom is -0.395 e. The van der Waals surface area contributed by atoms with Gasteiger partial charge in [-0.25, -0.2) is 0 Å². The molecule has 3 nitrogen and oxygen atoms in total. The van der Waals surface area contributed by atoms with Gasteiger partial charge in [-0.05, 0) is 7.05 Å². The fourth-order valence-electron chi connectivity index (χ4n) is 1.07. The SMILES string of the molecule is CN1CCNC[C@H]1CO.Cl. The van der Waals surface area contributed by atoms with E-state index in [-0.39, 0.29) is 19.0 Å². The van der Waals surface area contributed by atoms with E-state index in [0.29, 0.717) is 6.04 Å². The van der Waals surface area contributed by atoms with E-state index in [1.807, 2.05) is 7.05 Å². The molecule has 2 N–H and O–H groups in total. The van der Waals surface area contributed by atoms with Crippen molar-refractivity contribution in [1.29, 1.82) is 0 Å². The van der Waals surface area contributed by atoms with Crippen molar-refractivity contribution in [3.05, 3.63) is 0 Å². The number of aliphatic hydroxyl groups excluding tert-OH is 1. The number of hydrogen-bond acceptors (Lipinski definition) is 3. The van der Waals surface area contributed by atoms with Crippen LogP contribution in [-0.4, -0.2) is 49.3 Å². The molecular weight excluding hydrogens is 152 g/mol. The average molecular weight is 167 g/mol. The Bertz CT molecular complexity index is 91.8. The summed E-state index contributed by atoms with van der Waals surface area (Å²) in [4.78, 5) is 2.18. The molecular formula is C6H15ClN2O. The lowest BCUT2D eigenvalue weighted by Gasteiger charge is -2.31. The molecule has 1 aliphatic rings. The molecule has 0 bridgehead atoms. The highest BCUT2D eigenvalue weighted by atomic mass is 35.5. The van der Waals surface area contributed by atoms with E-state index >= 15 is 0 Å². The van der Waals surface area contributed by atoms with Crippen molar-refractivity contribution < 1.29 is 5.11 Å². The molecule has 10 heavy (non-hydrogen) atoms. The highest BCUT2D eigenvalue weighted by molar-refractivity contribution is 5.85. The molecule has 1 heterocycles. The molecule has 0 radical (unpaired) electrons. The van der Waals surface area contributed by atoms with Gasteiger partial charge >= 0.3 is 0 Å². The maximum Gasteiger partial charge on any atom is 0.0599 e. The highest BCUT2D eigenvalue weighted by Crippen LogP contribution is 1.96. The maximum atomic E-state index is 8.78. The minimum absolute atomic E-state index is 0. The fraction of sp³-hybridized carbons (Fsp3) is 1.00. The fourth-order valence-corrected chi connectivity index (χ4v) is 1.07. The first-order valence-corrected chi connectivity index (χ1v) is 3.36. The second-order valence-electron chi connectivity index (χ2n) is 2.52. The molecule has 4 heteroatoms. The molecule has 1 aliphatic heterocycles. The number of piperazine rings is 1. The van der Waals surface area contributed by atoms with Crippen LogP contribution in [0, 0.1) is 0 Å². The first kappa shape index (κ1) is 10.2. The summed E-state index contributed by atoms with van der Waals surface area (Å²) in [5.74, 6) is 0. The zero-order valence-electron chi connectivity index (χ0n) is 6.21. The van der Waals surface area contributed by atoms with Gasteiger partial charge in [0, 0.05) is 25.7 Å². The zero-order chi connectivity index (χ0) is 6.69. The second-order valence-corrected chi connectivity index (χ2v) is 2.52. The third kappa shape index (κ3) is 2.42. The summed E-state index contributed by atoms with van der Waals surface area (Å²) < 4.78 is 0. The summed E-state index contributed by atoms with van der Waals surface area (Å²) in [6.07, 6.45) is 0. The molecule has 0 saturated carbocycles. The number of nitrogens with zero attached hydrogens (tertiary/aromatic N) is 1. The molecule has 1 fully saturated rings. The van der Waals surface area contributed by atoms with E-state index < -0.39 is 0 Å². The minimum atomic E-state index is 0. The first-order valence-electron chi connectivity index (χ1n) is 3.36. The number of hydrogen-bond donors (Lipinski definition) is 2. The molecule has 62 valence electrons. The topological polar surface area (TPSA) is 35.5 Å². The Morgan fingerprint density at radius 1 is 1.70 bits per heavy atom. The van der Waals surface area contributed by atoms with E-state index in [9.17, 15) is 0 Å². The van der Waals surface area contributed by atoms with E-state index in [1.165, 1.54) is 0 Å². The quantitative estimate of drug-likeness (QED) is 0.541. The van der Waals surface area contributed by atoms with E-state index in [4.69, 9.17) is 5.11 Å². The van der Waals surface area contributed by atoms with Crippen molar-refractivity contribution >= 4 is 12.4 Å². The second kappa shape index (κ2) is 4.91. The van der Waals surface area contributed by atoms with Crippen LogP contribution >= 0.6 is 12.4 Å². The summed E-state index contributed by atoms with van der Waals surface area (Å²) in [7, 11) is 2.04. The van der Waals surface area contributed by atoms with Gasteiger partial charge in [0.25, 0.3) is 0 Å². The Kier molecular flexibility index (Phi) is 4.99. The number of rotatable bonds is 1. The number of halogens is 1. The van der Waals surface area contributed by atoms with Crippen molar-refractivity contribution in [2.75, 3.05) is 33.3 Å². The van der Waals surface area contributed by atoms with Gasteiger partial charge in [-0.15, -0.1) is 12.4 Å². The number of likely N-dealkylation sites (N-methyl/N-ethyl adjacent to an activating group) is 1. The molecule has 0 amide bonds. The number of aliphatic hydroxyl groups is 1. The molecule has 0 spiro atoms. The normalized spacial score (nSPS) is 27.6. The standard InChI is InChI=1S/C6H14N2O.ClH/c1-8-3-2-7-4-6(8)5-9;/h6-7,9H,2-5H2,1H3;1H/t6-;/m0./s1. The van der Waals surface area contributed by atoms with Crippen molar-refractivity contribution in [2.24, 2.45) is 0 Å². The molecule has 1 rings (SSSR count). The van der Waals surface area contributed by atoms with Gasteiger partial charge in [-0.3, -0.25) is 4.90 Å². The summed E-state index contributed by atoms with van der Waals surface area (Å²) in [5, 5.41) is 12.0. The van der Waals surface area contributed by atoms with Gasteiger partial charge < -0.3 is 10.4 Å². The van der Waals surface area contributed by atoms with Gasteiger partial charge in [0.2, 0.25) is 0 Å². The first-order chi connectivity index (χ1) is 4.34. The molecule has 0 aliphatic carbocycles. The third-order valence-corrected chi connectivity index (χ3v) is 1.86. The van der Waals surface area contributed by atoms with Crippen LogP contribution < -0.4 is 5.32 Å². The van der Waals surface area contributed by atoms with Crippen LogP contribution in [0.3, 0.4) is 0 Å². The Balaban J connectivity index is 0.000000810. The van der Waals surface area contributed by atoms with Gasteiger partial charge in [0.05, 0.1) is 6.61 Å². The molecule has 0 aromatic carbocycles. The lowest BCUT2D eigenvalue weighted by Crippen LogP contribution is -2.50. The Morgan fingerprint density at radius 3 is 2.80 bits per heavy atom. The van der Waals surface area contributed by atoms with Crippen molar-refractivity contribution in [3.63, 3.8) is 0 Å². The van der Waals surface area contributed by atoms with Gasteiger partial charge in [0.1, 0.15) is 0 Å². The molecule has 0 unspecified atom stereocenters. The zero-order valence-corrected chi connectivity index (χ0v) is 7.02. The monoisotopic (exact) mass is 166 g/mol. The van der Waals surface area contributed by atoms with E-state index in [2.05, 4.69) is 10.2 Å². The van der Waals surface area contributed by atoms with Crippen LogP contribution in [0.25, 0.3) is 0 Å². The Hall–Kier alpha value is 0.170. The van der Waals surface area contributed by atoms with Crippen LogP contribution in [0.15, 0.2) is 0 Å². The lowest BCUT2D eigenvalue weighted by atomic mass is 10.2. The van der Waals surface area contributed by atoms with Crippen molar-refractivity contribution in [2.45, 2.75) is 6.04 Å². The van der Waals surface area contributed by atoms with Gasteiger partial charge in [-0.2, -0.15) is 0 Å².